The molecule has 3 rings (SSSR count). The van der Waals surface area contributed by atoms with Gasteiger partial charge in [0.15, 0.2) is 0 Å². The molecular formula is C21H21ClN2O2S2. The summed E-state index contributed by atoms with van der Waals surface area (Å²) in [6, 6.07) is 13.4. The van der Waals surface area contributed by atoms with Crippen molar-refractivity contribution < 1.29 is 9.53 Å². The fourth-order valence-corrected chi connectivity index (χ4v) is 4.39. The lowest BCUT2D eigenvalue weighted by Crippen LogP contribution is -2.23. The third-order valence-corrected chi connectivity index (χ3v) is 6.79. The molecule has 0 radical (unpaired) electrons. The summed E-state index contributed by atoms with van der Waals surface area (Å²) in [4.78, 5) is 17.2. The second-order valence-corrected chi connectivity index (χ2v) is 8.82. The summed E-state index contributed by atoms with van der Waals surface area (Å²) in [6.07, 6.45) is 0. The normalized spacial score (nSPS) is 11.9. The summed E-state index contributed by atoms with van der Waals surface area (Å²) in [5.74, 6) is 1.46. The van der Waals surface area contributed by atoms with Gasteiger partial charge in [-0.05, 0) is 55.8 Å². The molecule has 2 aromatic carbocycles. The van der Waals surface area contributed by atoms with Crippen molar-refractivity contribution in [1.82, 2.24) is 4.98 Å². The fraction of sp³-hybridized carbons (Fsp3) is 0.238. The number of amides is 1. The first kappa shape index (κ1) is 20.7. The van der Waals surface area contributed by atoms with Gasteiger partial charge in [-0.25, -0.2) is 4.98 Å². The number of ether oxygens (including phenoxy) is 1. The average Bonchev–Trinajstić information content (AvgIpc) is 3.18. The van der Waals surface area contributed by atoms with Crippen LogP contribution in [0.4, 0.5) is 5.69 Å². The van der Waals surface area contributed by atoms with Gasteiger partial charge in [-0.1, -0.05) is 17.7 Å². The Kier molecular flexibility index (Phi) is 6.99. The number of thioether (sulfide) groups is 1. The van der Waals surface area contributed by atoms with Gasteiger partial charge < -0.3 is 10.1 Å². The Balaban J connectivity index is 1.57. The lowest BCUT2D eigenvalue weighted by Gasteiger charge is -2.13. The number of carbonyl (C=O) groups excluding carboxylic acids is 1. The molecule has 1 atom stereocenters. The zero-order valence-corrected chi connectivity index (χ0v) is 18.3. The highest BCUT2D eigenvalue weighted by atomic mass is 35.5. The van der Waals surface area contributed by atoms with Crippen LogP contribution in [0, 0.1) is 6.92 Å². The van der Waals surface area contributed by atoms with Crippen LogP contribution in [-0.2, 0) is 10.5 Å². The van der Waals surface area contributed by atoms with E-state index in [0.717, 1.165) is 33.3 Å². The Morgan fingerprint density at radius 2 is 2.04 bits per heavy atom. The van der Waals surface area contributed by atoms with Crippen LogP contribution in [0.1, 0.15) is 18.2 Å². The van der Waals surface area contributed by atoms with Crippen molar-refractivity contribution in [3.05, 3.63) is 64.1 Å². The van der Waals surface area contributed by atoms with Gasteiger partial charge in [0.1, 0.15) is 10.8 Å². The van der Waals surface area contributed by atoms with Crippen LogP contribution in [-0.4, -0.2) is 23.3 Å². The van der Waals surface area contributed by atoms with Gasteiger partial charge in [0, 0.05) is 27.4 Å². The number of aromatic nitrogens is 1. The van der Waals surface area contributed by atoms with Crippen molar-refractivity contribution in [2.45, 2.75) is 24.9 Å². The maximum atomic E-state index is 12.5. The minimum absolute atomic E-state index is 0.0408. The maximum absolute atomic E-state index is 12.5. The zero-order chi connectivity index (χ0) is 20.1. The number of nitrogens with zero attached hydrogens (tertiary/aromatic N) is 1. The van der Waals surface area contributed by atoms with Crippen LogP contribution in [0.3, 0.4) is 0 Å². The van der Waals surface area contributed by atoms with Crippen molar-refractivity contribution in [2.24, 2.45) is 0 Å². The predicted molar refractivity (Wildman–Crippen MR) is 120 cm³/mol. The highest BCUT2D eigenvalue weighted by molar-refractivity contribution is 7.99. The Hall–Kier alpha value is -2.02. The Labute approximate surface area is 178 Å². The van der Waals surface area contributed by atoms with Crippen LogP contribution < -0.4 is 10.1 Å². The van der Waals surface area contributed by atoms with Gasteiger partial charge in [-0.15, -0.1) is 23.1 Å². The van der Waals surface area contributed by atoms with Gasteiger partial charge in [0.25, 0.3) is 0 Å². The monoisotopic (exact) mass is 432 g/mol. The molecule has 0 bridgehead atoms. The fourth-order valence-electron chi connectivity index (χ4n) is 2.50. The van der Waals surface area contributed by atoms with Gasteiger partial charge in [-0.3, -0.25) is 4.79 Å². The number of anilines is 1. The number of methoxy groups -OCH3 is 1. The minimum atomic E-state index is -0.204. The van der Waals surface area contributed by atoms with E-state index in [1.54, 1.807) is 30.2 Å². The van der Waals surface area contributed by atoms with E-state index in [9.17, 15) is 4.79 Å². The number of benzene rings is 2. The summed E-state index contributed by atoms with van der Waals surface area (Å²) >= 11 is 9.28. The van der Waals surface area contributed by atoms with E-state index < -0.39 is 0 Å². The van der Waals surface area contributed by atoms with Crippen molar-refractivity contribution in [3.63, 3.8) is 0 Å². The number of rotatable bonds is 7. The van der Waals surface area contributed by atoms with Crippen LogP contribution in [0.15, 0.2) is 47.8 Å². The number of hydrogen-bond donors (Lipinski definition) is 1. The molecule has 4 nitrogen and oxygen atoms in total. The molecule has 0 fully saturated rings. The van der Waals surface area contributed by atoms with E-state index in [2.05, 4.69) is 10.3 Å². The van der Waals surface area contributed by atoms with Crippen LogP contribution in [0.25, 0.3) is 10.6 Å². The third kappa shape index (κ3) is 5.07. The second-order valence-electron chi connectivity index (χ2n) is 6.23. The molecule has 3 aromatic rings. The van der Waals surface area contributed by atoms with E-state index in [0.29, 0.717) is 10.8 Å². The lowest BCUT2D eigenvalue weighted by molar-refractivity contribution is -0.115. The Bertz CT molecular complexity index is 957. The Morgan fingerprint density at radius 1 is 1.29 bits per heavy atom. The number of thiazole rings is 1. The predicted octanol–water partition coefficient (Wildman–Crippen LogP) is 6.04. The average molecular weight is 433 g/mol. The first-order chi connectivity index (χ1) is 13.5. The maximum Gasteiger partial charge on any atom is 0.237 e. The highest BCUT2D eigenvalue weighted by Gasteiger charge is 2.16. The summed E-state index contributed by atoms with van der Waals surface area (Å²) < 4.78 is 5.19. The van der Waals surface area contributed by atoms with Gasteiger partial charge in [-0.2, -0.15) is 0 Å². The summed E-state index contributed by atoms with van der Waals surface area (Å²) in [7, 11) is 1.65. The number of carbonyl (C=O) groups is 1. The van der Waals surface area contributed by atoms with E-state index in [-0.39, 0.29) is 11.2 Å². The molecule has 1 aromatic heterocycles. The number of halogens is 1. The van der Waals surface area contributed by atoms with E-state index in [1.807, 2.05) is 61.7 Å². The standard InChI is InChI=1S/C21H21ClN2O2S2/c1-13-18(22)5-4-6-19(13)24-20(25)14(2)27-11-16-12-28-21(23-16)15-7-9-17(26-3)10-8-15/h4-10,12,14H,11H2,1-3H3,(H,24,25). The highest BCUT2D eigenvalue weighted by Crippen LogP contribution is 2.28. The smallest absolute Gasteiger partial charge is 0.237 e. The SMILES string of the molecule is COc1ccc(-c2nc(CSC(C)C(=O)Nc3cccc(Cl)c3C)cs2)cc1. The van der Waals surface area contributed by atoms with Crippen molar-refractivity contribution in [3.8, 4) is 16.3 Å². The molecule has 0 aliphatic heterocycles. The first-order valence-corrected chi connectivity index (χ1v) is 11.0. The molecule has 7 heteroatoms. The topological polar surface area (TPSA) is 51.2 Å². The Morgan fingerprint density at radius 3 is 2.75 bits per heavy atom. The molecule has 28 heavy (non-hydrogen) atoms. The zero-order valence-electron chi connectivity index (χ0n) is 15.9. The van der Waals surface area contributed by atoms with Crippen LogP contribution in [0.5, 0.6) is 5.75 Å². The van der Waals surface area contributed by atoms with Gasteiger partial charge in [0.05, 0.1) is 18.1 Å². The van der Waals surface area contributed by atoms with E-state index >= 15 is 0 Å². The van der Waals surface area contributed by atoms with Crippen LogP contribution in [0.2, 0.25) is 5.02 Å². The largest absolute Gasteiger partial charge is 0.497 e. The molecule has 0 saturated carbocycles. The quantitative estimate of drug-likeness (QED) is 0.494. The molecular weight excluding hydrogens is 412 g/mol. The number of hydrogen-bond acceptors (Lipinski definition) is 5. The molecule has 146 valence electrons. The van der Waals surface area contributed by atoms with Crippen molar-refractivity contribution in [2.75, 3.05) is 12.4 Å². The van der Waals surface area contributed by atoms with Crippen molar-refractivity contribution in [1.29, 1.82) is 0 Å². The van der Waals surface area contributed by atoms with Crippen LogP contribution >= 0.6 is 34.7 Å². The third-order valence-electron chi connectivity index (χ3n) is 4.26. The molecule has 0 spiro atoms. The molecule has 1 heterocycles. The van der Waals surface area contributed by atoms with Gasteiger partial charge in [0.2, 0.25) is 5.91 Å². The molecule has 1 unspecified atom stereocenters. The summed E-state index contributed by atoms with van der Waals surface area (Å²) in [5, 5.41) is 6.40. The number of nitrogens with one attached hydrogen (secondary N) is 1. The summed E-state index contributed by atoms with van der Waals surface area (Å²) in [6.45, 7) is 3.79. The summed E-state index contributed by atoms with van der Waals surface area (Å²) in [5.41, 5.74) is 3.66. The van der Waals surface area contributed by atoms with Gasteiger partial charge >= 0.3 is 0 Å². The molecule has 0 aliphatic carbocycles. The molecule has 0 saturated heterocycles. The van der Waals surface area contributed by atoms with E-state index in [4.69, 9.17) is 16.3 Å². The second kappa shape index (κ2) is 9.45. The van der Waals surface area contributed by atoms with E-state index in [1.165, 1.54) is 0 Å². The first-order valence-electron chi connectivity index (χ1n) is 8.74. The molecule has 0 aliphatic rings. The molecule has 1 amide bonds. The van der Waals surface area contributed by atoms with Crippen molar-refractivity contribution >= 4 is 46.3 Å². The lowest BCUT2D eigenvalue weighted by atomic mass is 10.2. The minimum Gasteiger partial charge on any atom is -0.497 e. The molecule has 1 N–H and O–H groups in total.